The summed E-state index contributed by atoms with van der Waals surface area (Å²) in [5, 5.41) is 6.24. The van der Waals surface area contributed by atoms with Crippen molar-refractivity contribution < 1.29 is 13.2 Å². The topological polar surface area (TPSA) is 62.7 Å². The number of hydrogen-bond donors (Lipinski definition) is 2. The molecule has 1 atom stereocenters. The molecule has 0 spiro atoms. The van der Waals surface area contributed by atoms with Gasteiger partial charge in [-0.1, -0.05) is 13.0 Å². The quantitative estimate of drug-likeness (QED) is 0.545. The minimum absolute atomic E-state index is 0.112. The average Bonchev–Trinajstić information content (AvgIpc) is 2.69. The first kappa shape index (κ1) is 20.6. The fraction of sp³-hybridized carbons (Fsp3) is 0.286. The Morgan fingerprint density at radius 3 is 2.45 bits per heavy atom. The molecule has 8 heteroatoms. The highest BCUT2D eigenvalue weighted by molar-refractivity contribution is 5.69. The molecule has 1 aromatic carbocycles. The smallest absolute Gasteiger partial charge is 0.352 e. The number of nitrogens with zero attached hydrogens (tertiary/aromatic N) is 3. The number of aromatic nitrogens is 3. The fourth-order valence-corrected chi connectivity index (χ4v) is 2.78. The third-order valence-corrected chi connectivity index (χ3v) is 4.59. The van der Waals surface area contributed by atoms with Gasteiger partial charge in [0.2, 0.25) is 5.95 Å². The molecule has 0 fully saturated rings. The second-order valence-electron chi connectivity index (χ2n) is 6.75. The molecule has 0 aliphatic rings. The summed E-state index contributed by atoms with van der Waals surface area (Å²) < 4.78 is 39.7. The second-order valence-corrected chi connectivity index (χ2v) is 6.75. The van der Waals surface area contributed by atoms with Crippen LogP contribution in [0, 0.1) is 6.92 Å². The predicted octanol–water partition coefficient (Wildman–Crippen LogP) is 5.82. The Bertz CT molecular complexity index is 974. The molecule has 0 aliphatic heterocycles. The Hall–Kier alpha value is -3.16. The van der Waals surface area contributed by atoms with E-state index in [-0.39, 0.29) is 11.6 Å². The third-order valence-electron chi connectivity index (χ3n) is 4.59. The predicted molar refractivity (Wildman–Crippen MR) is 108 cm³/mol. The van der Waals surface area contributed by atoms with Crippen molar-refractivity contribution in [1.82, 2.24) is 15.0 Å². The molecule has 0 saturated carbocycles. The molecule has 152 valence electrons. The molecule has 29 heavy (non-hydrogen) atoms. The van der Waals surface area contributed by atoms with Crippen LogP contribution in [-0.4, -0.2) is 21.0 Å². The molecular weight excluding hydrogens is 379 g/mol. The molecule has 0 unspecified atom stereocenters. The molecule has 2 heterocycles. The lowest BCUT2D eigenvalue weighted by Crippen LogP contribution is -2.16. The highest BCUT2D eigenvalue weighted by Gasteiger charge is 2.32. The zero-order chi connectivity index (χ0) is 21.0. The number of pyridine rings is 1. The largest absolute Gasteiger partial charge is 0.416 e. The zero-order valence-electron chi connectivity index (χ0n) is 16.4. The monoisotopic (exact) mass is 401 g/mol. The SMILES string of the molecule is CC[C@H](C)Nc1nc(Nc2cccc(C(F)(F)F)c2C)cc(-c2ccncc2)n1. The minimum atomic E-state index is -4.42. The molecule has 3 aromatic rings. The standard InChI is InChI=1S/C21H22F3N5/c1-4-13(2)26-20-28-18(15-8-10-25-11-9-15)12-19(29-20)27-17-7-5-6-16(14(17)3)21(22,23)24/h5-13H,4H2,1-3H3,(H2,26,27,28,29)/t13-/m0/s1. The van der Waals surface area contributed by atoms with Crippen LogP contribution in [0.5, 0.6) is 0 Å². The summed E-state index contributed by atoms with van der Waals surface area (Å²) in [5.74, 6) is 0.806. The maximum atomic E-state index is 13.2. The van der Waals surface area contributed by atoms with E-state index in [1.54, 1.807) is 24.5 Å². The van der Waals surface area contributed by atoms with Crippen molar-refractivity contribution >= 4 is 17.5 Å². The van der Waals surface area contributed by atoms with Gasteiger partial charge < -0.3 is 10.6 Å². The van der Waals surface area contributed by atoms with Gasteiger partial charge in [0.1, 0.15) is 5.82 Å². The fourth-order valence-electron chi connectivity index (χ4n) is 2.78. The normalized spacial score (nSPS) is 12.5. The van der Waals surface area contributed by atoms with E-state index in [4.69, 9.17) is 0 Å². The van der Waals surface area contributed by atoms with Gasteiger partial charge in [-0.2, -0.15) is 18.2 Å². The summed E-state index contributed by atoms with van der Waals surface area (Å²) in [5.41, 5.74) is 1.25. The highest BCUT2D eigenvalue weighted by Crippen LogP contribution is 2.35. The Kier molecular flexibility index (Phi) is 6.00. The lowest BCUT2D eigenvalue weighted by atomic mass is 10.1. The Morgan fingerprint density at radius 2 is 1.79 bits per heavy atom. The van der Waals surface area contributed by atoms with Crippen LogP contribution in [0.3, 0.4) is 0 Å². The number of nitrogens with one attached hydrogen (secondary N) is 2. The number of halogens is 3. The van der Waals surface area contributed by atoms with Crippen LogP contribution in [0.4, 0.5) is 30.6 Å². The molecule has 0 aliphatic carbocycles. The van der Waals surface area contributed by atoms with E-state index in [0.717, 1.165) is 18.1 Å². The summed E-state index contributed by atoms with van der Waals surface area (Å²) in [7, 11) is 0. The summed E-state index contributed by atoms with van der Waals surface area (Å²) in [4.78, 5) is 13.0. The van der Waals surface area contributed by atoms with Gasteiger partial charge >= 0.3 is 6.18 Å². The average molecular weight is 401 g/mol. The lowest BCUT2D eigenvalue weighted by molar-refractivity contribution is -0.138. The second kappa shape index (κ2) is 8.46. The maximum Gasteiger partial charge on any atom is 0.416 e. The van der Waals surface area contributed by atoms with E-state index in [9.17, 15) is 13.2 Å². The zero-order valence-corrected chi connectivity index (χ0v) is 16.4. The van der Waals surface area contributed by atoms with E-state index in [1.165, 1.54) is 13.0 Å². The summed E-state index contributed by atoms with van der Waals surface area (Å²) in [6.45, 7) is 5.48. The van der Waals surface area contributed by atoms with E-state index in [1.807, 2.05) is 26.0 Å². The van der Waals surface area contributed by atoms with Crippen LogP contribution >= 0.6 is 0 Å². The Morgan fingerprint density at radius 1 is 1.07 bits per heavy atom. The van der Waals surface area contributed by atoms with Gasteiger partial charge in [0.15, 0.2) is 0 Å². The molecule has 0 amide bonds. The summed E-state index contributed by atoms with van der Waals surface area (Å²) >= 11 is 0. The first-order valence-corrected chi connectivity index (χ1v) is 9.27. The van der Waals surface area contributed by atoms with Gasteiger partial charge in [0.25, 0.3) is 0 Å². The van der Waals surface area contributed by atoms with Crippen molar-refractivity contribution in [2.75, 3.05) is 10.6 Å². The number of rotatable bonds is 6. The van der Waals surface area contributed by atoms with Crippen LogP contribution in [-0.2, 0) is 6.18 Å². The van der Waals surface area contributed by atoms with Gasteiger partial charge in [-0.05, 0) is 50.1 Å². The van der Waals surface area contributed by atoms with Gasteiger partial charge in [-0.25, -0.2) is 4.98 Å². The van der Waals surface area contributed by atoms with Crippen LogP contribution in [0.1, 0.15) is 31.4 Å². The highest BCUT2D eigenvalue weighted by atomic mass is 19.4. The van der Waals surface area contributed by atoms with E-state index >= 15 is 0 Å². The van der Waals surface area contributed by atoms with E-state index in [0.29, 0.717) is 23.1 Å². The molecule has 0 saturated heterocycles. The van der Waals surface area contributed by atoms with Crippen molar-refractivity contribution in [2.45, 2.75) is 39.4 Å². The molecule has 3 rings (SSSR count). The molecule has 5 nitrogen and oxygen atoms in total. The van der Waals surface area contributed by atoms with Crippen molar-refractivity contribution in [3.63, 3.8) is 0 Å². The van der Waals surface area contributed by atoms with E-state index < -0.39 is 11.7 Å². The molecule has 2 N–H and O–H groups in total. The lowest BCUT2D eigenvalue weighted by Gasteiger charge is -2.17. The van der Waals surface area contributed by atoms with Crippen molar-refractivity contribution in [3.05, 3.63) is 59.9 Å². The summed E-state index contributed by atoms with van der Waals surface area (Å²) in [6, 6.07) is 9.52. The molecule has 0 bridgehead atoms. The van der Waals surface area contributed by atoms with E-state index in [2.05, 4.69) is 25.6 Å². The number of alkyl halides is 3. The van der Waals surface area contributed by atoms with Crippen molar-refractivity contribution in [3.8, 4) is 11.3 Å². The van der Waals surface area contributed by atoms with Gasteiger partial charge in [0.05, 0.1) is 11.3 Å². The first-order chi connectivity index (χ1) is 13.8. The maximum absolute atomic E-state index is 13.2. The van der Waals surface area contributed by atoms with Crippen LogP contribution in [0.15, 0.2) is 48.8 Å². The molecule has 0 radical (unpaired) electrons. The van der Waals surface area contributed by atoms with Crippen LogP contribution in [0.25, 0.3) is 11.3 Å². The van der Waals surface area contributed by atoms with Crippen molar-refractivity contribution in [2.24, 2.45) is 0 Å². The molecule has 2 aromatic heterocycles. The minimum Gasteiger partial charge on any atom is -0.352 e. The number of hydrogen-bond acceptors (Lipinski definition) is 5. The first-order valence-electron chi connectivity index (χ1n) is 9.27. The molecular formula is C21H22F3N5. The van der Waals surface area contributed by atoms with Gasteiger partial charge in [0, 0.05) is 35.8 Å². The van der Waals surface area contributed by atoms with Crippen molar-refractivity contribution in [1.29, 1.82) is 0 Å². The van der Waals surface area contributed by atoms with Crippen LogP contribution < -0.4 is 10.6 Å². The third kappa shape index (κ3) is 5.01. The number of benzene rings is 1. The number of anilines is 3. The summed E-state index contributed by atoms with van der Waals surface area (Å²) in [6.07, 6.45) is -0.232. The Labute approximate surface area is 167 Å². The van der Waals surface area contributed by atoms with Crippen LogP contribution in [0.2, 0.25) is 0 Å². The van der Waals surface area contributed by atoms with Gasteiger partial charge in [-0.3, -0.25) is 4.98 Å². The Balaban J connectivity index is 2.02. The van der Waals surface area contributed by atoms with Gasteiger partial charge in [-0.15, -0.1) is 0 Å².